The molecule has 0 radical (unpaired) electrons. The first-order chi connectivity index (χ1) is 10.4. The molecule has 0 fully saturated rings. The monoisotopic (exact) mass is 308 g/mol. The number of methoxy groups -OCH3 is 1. The summed E-state index contributed by atoms with van der Waals surface area (Å²) in [4.78, 5) is 11.5. The van der Waals surface area contributed by atoms with Crippen molar-refractivity contribution in [2.24, 2.45) is 5.10 Å². The van der Waals surface area contributed by atoms with Crippen LogP contribution in [0.1, 0.15) is 39.7 Å². The van der Waals surface area contributed by atoms with Gasteiger partial charge in [0.25, 0.3) is 0 Å². The van der Waals surface area contributed by atoms with E-state index in [9.17, 15) is 4.79 Å². The van der Waals surface area contributed by atoms with E-state index in [2.05, 4.69) is 10.5 Å². The minimum atomic E-state index is -0.597. The van der Waals surface area contributed by atoms with Crippen LogP contribution in [-0.2, 0) is 4.74 Å². The number of nitrogens with zero attached hydrogens (tertiary/aromatic N) is 1. The van der Waals surface area contributed by atoms with Gasteiger partial charge in [-0.3, -0.25) is 0 Å². The molecule has 0 unspecified atom stereocenters. The number of benzene rings is 1. The van der Waals surface area contributed by atoms with Gasteiger partial charge in [-0.05, 0) is 51.0 Å². The third-order valence-corrected chi connectivity index (χ3v) is 2.42. The molecule has 0 aliphatic rings. The molecule has 122 valence electrons. The number of amides is 1. The van der Waals surface area contributed by atoms with Crippen LogP contribution in [0.15, 0.2) is 23.3 Å². The predicted molar refractivity (Wildman–Crippen MR) is 85.7 cm³/mol. The molecule has 0 bridgehead atoms. The zero-order valence-electron chi connectivity index (χ0n) is 13.8. The summed E-state index contributed by atoms with van der Waals surface area (Å²) in [6.45, 7) is 8.00. The summed E-state index contributed by atoms with van der Waals surface area (Å²) in [6, 6.07) is 5.41. The van der Waals surface area contributed by atoms with Gasteiger partial charge < -0.3 is 14.2 Å². The third-order valence-electron chi connectivity index (χ3n) is 2.42. The molecule has 0 saturated carbocycles. The van der Waals surface area contributed by atoms with E-state index in [-0.39, 0.29) is 0 Å². The van der Waals surface area contributed by atoms with E-state index in [4.69, 9.17) is 14.2 Å². The summed E-state index contributed by atoms with van der Waals surface area (Å²) in [6.07, 6.45) is 1.82. The topological polar surface area (TPSA) is 69.2 Å². The summed E-state index contributed by atoms with van der Waals surface area (Å²) in [5, 5.41) is 3.86. The smallest absolute Gasteiger partial charge is 0.428 e. The Kier molecular flexibility index (Phi) is 6.69. The van der Waals surface area contributed by atoms with Gasteiger partial charge in [0.05, 0.1) is 19.9 Å². The van der Waals surface area contributed by atoms with Crippen LogP contribution >= 0.6 is 0 Å². The number of hydrogen-bond donors (Lipinski definition) is 1. The van der Waals surface area contributed by atoms with Gasteiger partial charge >= 0.3 is 6.09 Å². The fraction of sp³-hybridized carbons (Fsp3) is 0.500. The Morgan fingerprint density at radius 1 is 1.32 bits per heavy atom. The van der Waals surface area contributed by atoms with E-state index >= 15 is 0 Å². The Labute approximate surface area is 131 Å². The molecule has 1 rings (SSSR count). The van der Waals surface area contributed by atoms with E-state index < -0.39 is 11.7 Å². The maximum absolute atomic E-state index is 11.5. The zero-order chi connectivity index (χ0) is 16.6. The normalized spacial score (nSPS) is 11.3. The average Bonchev–Trinajstić information content (AvgIpc) is 2.43. The highest BCUT2D eigenvalue weighted by atomic mass is 16.6. The van der Waals surface area contributed by atoms with Crippen LogP contribution in [0.5, 0.6) is 11.5 Å². The molecule has 1 N–H and O–H groups in total. The van der Waals surface area contributed by atoms with E-state index in [0.29, 0.717) is 18.1 Å². The van der Waals surface area contributed by atoms with E-state index in [1.807, 2.05) is 13.0 Å². The van der Waals surface area contributed by atoms with Gasteiger partial charge in [0.2, 0.25) is 0 Å². The fourth-order valence-corrected chi connectivity index (χ4v) is 1.56. The molecular formula is C16H24N2O4. The minimum Gasteiger partial charge on any atom is -0.493 e. The van der Waals surface area contributed by atoms with Crippen LogP contribution in [0.3, 0.4) is 0 Å². The molecule has 0 aromatic heterocycles. The lowest BCUT2D eigenvalue weighted by atomic mass is 10.2. The Balaban J connectivity index is 2.68. The van der Waals surface area contributed by atoms with Crippen molar-refractivity contribution >= 4 is 12.3 Å². The number of hydrazone groups is 1. The van der Waals surface area contributed by atoms with Crippen LogP contribution in [0, 0.1) is 0 Å². The third kappa shape index (κ3) is 6.47. The van der Waals surface area contributed by atoms with Crippen LogP contribution in [0.25, 0.3) is 0 Å². The number of nitrogens with one attached hydrogen (secondary N) is 1. The lowest BCUT2D eigenvalue weighted by Crippen LogP contribution is -2.29. The van der Waals surface area contributed by atoms with Crippen molar-refractivity contribution in [3.8, 4) is 11.5 Å². The molecule has 6 heteroatoms. The maximum atomic E-state index is 11.5. The molecule has 0 aliphatic heterocycles. The van der Waals surface area contributed by atoms with Gasteiger partial charge in [0, 0.05) is 0 Å². The lowest BCUT2D eigenvalue weighted by molar-refractivity contribution is 0.0529. The average molecular weight is 308 g/mol. The SMILES string of the molecule is CCCOc1cc(/C=N\NC(=O)OC(C)(C)C)ccc1OC. The van der Waals surface area contributed by atoms with E-state index in [0.717, 1.165) is 12.0 Å². The molecule has 0 atom stereocenters. The van der Waals surface area contributed by atoms with Crippen LogP contribution in [0.2, 0.25) is 0 Å². The predicted octanol–water partition coefficient (Wildman–Crippen LogP) is 3.34. The number of carbonyl (C=O) groups is 1. The second kappa shape index (κ2) is 8.26. The quantitative estimate of drug-likeness (QED) is 0.646. The first kappa shape index (κ1) is 17.8. The molecule has 0 aliphatic carbocycles. The molecular weight excluding hydrogens is 284 g/mol. The highest BCUT2D eigenvalue weighted by Crippen LogP contribution is 2.27. The van der Waals surface area contributed by atoms with E-state index in [1.165, 1.54) is 6.21 Å². The first-order valence-corrected chi connectivity index (χ1v) is 7.18. The van der Waals surface area contributed by atoms with Crippen molar-refractivity contribution in [3.63, 3.8) is 0 Å². The van der Waals surface area contributed by atoms with Crippen LogP contribution in [0.4, 0.5) is 4.79 Å². The van der Waals surface area contributed by atoms with Gasteiger partial charge in [0.1, 0.15) is 5.60 Å². The summed E-state index contributed by atoms with van der Waals surface area (Å²) >= 11 is 0. The number of ether oxygens (including phenoxy) is 3. The Bertz CT molecular complexity index is 521. The molecule has 0 heterocycles. The standard InChI is InChI=1S/C16H24N2O4/c1-6-9-21-14-10-12(7-8-13(14)20-5)11-17-18-15(19)22-16(2,3)4/h7-8,10-11H,6,9H2,1-5H3,(H,18,19)/b17-11-. The maximum Gasteiger partial charge on any atom is 0.428 e. The summed E-state index contributed by atoms with van der Waals surface area (Å²) in [7, 11) is 1.59. The molecule has 1 amide bonds. The molecule has 1 aromatic rings. The number of carbonyl (C=O) groups excluding carboxylic acids is 1. The Hall–Kier alpha value is -2.24. The van der Waals surface area contributed by atoms with Gasteiger partial charge in [0.15, 0.2) is 11.5 Å². The molecule has 22 heavy (non-hydrogen) atoms. The van der Waals surface area contributed by atoms with Crippen molar-refractivity contribution in [3.05, 3.63) is 23.8 Å². The number of hydrogen-bond acceptors (Lipinski definition) is 5. The second-order valence-electron chi connectivity index (χ2n) is 5.63. The van der Waals surface area contributed by atoms with Crippen LogP contribution in [-0.4, -0.2) is 31.6 Å². The first-order valence-electron chi connectivity index (χ1n) is 7.18. The second-order valence-corrected chi connectivity index (χ2v) is 5.63. The van der Waals surface area contributed by atoms with Crippen molar-refractivity contribution in [1.82, 2.24) is 5.43 Å². The minimum absolute atomic E-state index is 0.555. The van der Waals surface area contributed by atoms with Crippen molar-refractivity contribution in [2.45, 2.75) is 39.7 Å². The zero-order valence-corrected chi connectivity index (χ0v) is 13.8. The Morgan fingerprint density at radius 2 is 2.05 bits per heavy atom. The molecule has 1 aromatic carbocycles. The van der Waals surface area contributed by atoms with Crippen molar-refractivity contribution in [2.75, 3.05) is 13.7 Å². The summed E-state index contributed by atoms with van der Waals surface area (Å²) in [5.41, 5.74) is 2.54. The summed E-state index contributed by atoms with van der Waals surface area (Å²) < 4.78 is 15.9. The molecule has 6 nitrogen and oxygen atoms in total. The van der Waals surface area contributed by atoms with E-state index in [1.54, 1.807) is 40.0 Å². The highest BCUT2D eigenvalue weighted by Gasteiger charge is 2.15. The van der Waals surface area contributed by atoms with Crippen molar-refractivity contribution < 1.29 is 19.0 Å². The summed E-state index contributed by atoms with van der Waals surface area (Å²) in [5.74, 6) is 1.30. The Morgan fingerprint density at radius 3 is 2.64 bits per heavy atom. The largest absolute Gasteiger partial charge is 0.493 e. The molecule has 0 spiro atoms. The van der Waals surface area contributed by atoms with Gasteiger partial charge in [-0.2, -0.15) is 5.10 Å². The van der Waals surface area contributed by atoms with Gasteiger partial charge in [-0.1, -0.05) is 6.92 Å². The molecule has 0 saturated heterocycles. The van der Waals surface area contributed by atoms with Crippen LogP contribution < -0.4 is 14.9 Å². The van der Waals surface area contributed by atoms with Gasteiger partial charge in [-0.15, -0.1) is 0 Å². The number of rotatable bonds is 6. The highest BCUT2D eigenvalue weighted by molar-refractivity contribution is 5.82. The fourth-order valence-electron chi connectivity index (χ4n) is 1.56. The lowest BCUT2D eigenvalue weighted by Gasteiger charge is -2.18. The van der Waals surface area contributed by atoms with Crippen molar-refractivity contribution in [1.29, 1.82) is 0 Å². The van der Waals surface area contributed by atoms with Gasteiger partial charge in [-0.25, -0.2) is 10.2 Å².